The molecular formula is C17H15NO3. The van der Waals surface area contributed by atoms with Gasteiger partial charge in [0.1, 0.15) is 11.5 Å². The molecule has 2 N–H and O–H groups in total. The Balaban J connectivity index is 1.83. The molecule has 0 unspecified atom stereocenters. The van der Waals surface area contributed by atoms with E-state index in [1.807, 2.05) is 30.3 Å². The molecule has 0 saturated heterocycles. The zero-order valence-corrected chi connectivity index (χ0v) is 11.3. The van der Waals surface area contributed by atoms with E-state index >= 15 is 0 Å². The van der Waals surface area contributed by atoms with Crippen LogP contribution in [-0.2, 0) is 6.42 Å². The predicted octanol–water partition coefficient (Wildman–Crippen LogP) is 2.92. The lowest BCUT2D eigenvalue weighted by Crippen LogP contribution is -1.93. The van der Waals surface area contributed by atoms with Gasteiger partial charge >= 0.3 is 0 Å². The minimum absolute atomic E-state index is 0.129. The maximum Gasteiger partial charge on any atom is 0.199 e. The molecule has 3 rings (SSSR count). The molecular weight excluding hydrogens is 266 g/mol. The second kappa shape index (κ2) is 5.91. The summed E-state index contributed by atoms with van der Waals surface area (Å²) in [7, 11) is 0. The molecule has 0 radical (unpaired) electrons. The molecule has 106 valence electrons. The number of rotatable bonds is 4. The standard InChI is InChI=1S/C17H15NO3/c19-17(20)16-11-15(21-18-16)10-12-5-4-8-14(9-12)13-6-2-1-3-7-13/h1-9,11,17,19-20H,10H2. The molecule has 0 amide bonds. The Morgan fingerprint density at radius 1 is 0.905 bits per heavy atom. The van der Waals surface area contributed by atoms with Gasteiger partial charge in [-0.05, 0) is 16.7 Å². The van der Waals surface area contributed by atoms with Crippen LogP contribution in [0, 0.1) is 0 Å². The molecule has 0 aliphatic heterocycles. The van der Waals surface area contributed by atoms with Crippen LogP contribution < -0.4 is 0 Å². The maximum atomic E-state index is 9.03. The van der Waals surface area contributed by atoms with Crippen molar-refractivity contribution in [2.75, 3.05) is 0 Å². The average molecular weight is 281 g/mol. The summed E-state index contributed by atoms with van der Waals surface area (Å²) < 4.78 is 5.11. The van der Waals surface area contributed by atoms with Gasteiger partial charge < -0.3 is 14.7 Å². The van der Waals surface area contributed by atoms with Gasteiger partial charge in [0.05, 0.1) is 0 Å². The van der Waals surface area contributed by atoms with Gasteiger partial charge in [0, 0.05) is 12.5 Å². The molecule has 3 aromatic rings. The molecule has 0 aliphatic carbocycles. The Kier molecular flexibility index (Phi) is 3.81. The first-order chi connectivity index (χ1) is 10.2. The van der Waals surface area contributed by atoms with E-state index in [2.05, 4.69) is 29.4 Å². The fourth-order valence-electron chi connectivity index (χ4n) is 2.23. The fourth-order valence-corrected chi connectivity index (χ4v) is 2.23. The molecule has 2 aromatic carbocycles. The number of hydrogen-bond acceptors (Lipinski definition) is 4. The number of hydrogen-bond donors (Lipinski definition) is 2. The Hall–Kier alpha value is -2.43. The Morgan fingerprint density at radius 2 is 1.67 bits per heavy atom. The number of nitrogens with zero attached hydrogens (tertiary/aromatic N) is 1. The van der Waals surface area contributed by atoms with Crippen LogP contribution in [-0.4, -0.2) is 15.4 Å². The first-order valence-corrected chi connectivity index (χ1v) is 6.68. The Morgan fingerprint density at radius 3 is 2.38 bits per heavy atom. The summed E-state index contributed by atoms with van der Waals surface area (Å²) >= 11 is 0. The Bertz CT molecular complexity index is 720. The monoisotopic (exact) mass is 281 g/mol. The third kappa shape index (κ3) is 3.18. The van der Waals surface area contributed by atoms with Crippen LogP contribution in [0.3, 0.4) is 0 Å². The summed E-state index contributed by atoms with van der Waals surface area (Å²) in [4.78, 5) is 0. The molecule has 4 nitrogen and oxygen atoms in total. The molecule has 0 atom stereocenters. The molecule has 21 heavy (non-hydrogen) atoms. The molecule has 0 fully saturated rings. The zero-order valence-electron chi connectivity index (χ0n) is 11.3. The van der Waals surface area contributed by atoms with Crippen molar-refractivity contribution in [3.8, 4) is 11.1 Å². The smallest absolute Gasteiger partial charge is 0.199 e. The topological polar surface area (TPSA) is 66.5 Å². The minimum Gasteiger partial charge on any atom is -0.363 e. The average Bonchev–Trinajstić information content (AvgIpc) is 2.97. The van der Waals surface area contributed by atoms with Gasteiger partial charge in [-0.15, -0.1) is 0 Å². The van der Waals surface area contributed by atoms with E-state index in [0.717, 1.165) is 16.7 Å². The van der Waals surface area contributed by atoms with E-state index in [0.29, 0.717) is 12.2 Å². The van der Waals surface area contributed by atoms with Gasteiger partial charge in [0.2, 0.25) is 0 Å². The number of aromatic nitrogens is 1. The van der Waals surface area contributed by atoms with Gasteiger partial charge in [-0.1, -0.05) is 59.8 Å². The third-order valence-corrected chi connectivity index (χ3v) is 3.25. The van der Waals surface area contributed by atoms with Gasteiger partial charge in [-0.2, -0.15) is 0 Å². The van der Waals surface area contributed by atoms with Crippen LogP contribution in [0.1, 0.15) is 23.3 Å². The van der Waals surface area contributed by atoms with Crippen molar-refractivity contribution >= 4 is 0 Å². The summed E-state index contributed by atoms with van der Waals surface area (Å²) in [6, 6.07) is 19.8. The molecule has 1 aromatic heterocycles. The highest BCUT2D eigenvalue weighted by molar-refractivity contribution is 5.64. The SMILES string of the molecule is OC(O)c1cc(Cc2cccc(-c3ccccc3)c2)on1. The lowest BCUT2D eigenvalue weighted by atomic mass is 10.0. The normalized spacial score (nSPS) is 11.0. The van der Waals surface area contributed by atoms with Crippen molar-refractivity contribution < 1.29 is 14.7 Å². The molecule has 0 spiro atoms. The second-order valence-electron chi connectivity index (χ2n) is 4.83. The predicted molar refractivity (Wildman–Crippen MR) is 78.4 cm³/mol. The lowest BCUT2D eigenvalue weighted by Gasteiger charge is -2.04. The molecule has 0 aliphatic rings. The summed E-state index contributed by atoms with van der Waals surface area (Å²) in [5, 5.41) is 21.7. The largest absolute Gasteiger partial charge is 0.363 e. The Labute approximate surface area is 122 Å². The van der Waals surface area contributed by atoms with E-state index in [4.69, 9.17) is 14.7 Å². The van der Waals surface area contributed by atoms with E-state index in [1.54, 1.807) is 6.07 Å². The van der Waals surface area contributed by atoms with Crippen LogP contribution >= 0.6 is 0 Å². The maximum absolute atomic E-state index is 9.03. The first-order valence-electron chi connectivity index (χ1n) is 6.68. The van der Waals surface area contributed by atoms with E-state index in [9.17, 15) is 0 Å². The molecule has 1 heterocycles. The lowest BCUT2D eigenvalue weighted by molar-refractivity contribution is -0.0476. The van der Waals surface area contributed by atoms with Crippen LogP contribution in [0.5, 0.6) is 0 Å². The number of benzene rings is 2. The van der Waals surface area contributed by atoms with E-state index in [1.165, 1.54) is 0 Å². The minimum atomic E-state index is -1.60. The summed E-state index contributed by atoms with van der Waals surface area (Å²) in [6.07, 6.45) is -1.04. The fraction of sp³-hybridized carbons (Fsp3) is 0.118. The van der Waals surface area contributed by atoms with E-state index in [-0.39, 0.29) is 5.69 Å². The van der Waals surface area contributed by atoms with Gasteiger partial charge in [0.25, 0.3) is 0 Å². The van der Waals surface area contributed by atoms with Crippen molar-refractivity contribution in [3.63, 3.8) is 0 Å². The van der Waals surface area contributed by atoms with Gasteiger partial charge in [-0.25, -0.2) is 0 Å². The second-order valence-corrected chi connectivity index (χ2v) is 4.83. The highest BCUT2D eigenvalue weighted by Gasteiger charge is 2.11. The highest BCUT2D eigenvalue weighted by atomic mass is 16.5. The van der Waals surface area contributed by atoms with Crippen molar-refractivity contribution in [3.05, 3.63) is 77.7 Å². The highest BCUT2D eigenvalue weighted by Crippen LogP contribution is 2.22. The molecule has 4 heteroatoms. The first kappa shape index (κ1) is 13.5. The van der Waals surface area contributed by atoms with Crippen molar-refractivity contribution in [1.29, 1.82) is 0 Å². The van der Waals surface area contributed by atoms with Gasteiger partial charge in [0.15, 0.2) is 6.29 Å². The van der Waals surface area contributed by atoms with Crippen molar-refractivity contribution in [2.45, 2.75) is 12.7 Å². The van der Waals surface area contributed by atoms with E-state index < -0.39 is 6.29 Å². The van der Waals surface area contributed by atoms with Gasteiger partial charge in [-0.3, -0.25) is 0 Å². The van der Waals surface area contributed by atoms with Crippen LogP contribution in [0.2, 0.25) is 0 Å². The summed E-state index contributed by atoms with van der Waals surface area (Å²) in [6.45, 7) is 0. The van der Waals surface area contributed by atoms with Crippen molar-refractivity contribution in [1.82, 2.24) is 5.16 Å². The number of aliphatic hydroxyl groups is 2. The zero-order chi connectivity index (χ0) is 14.7. The van der Waals surface area contributed by atoms with Crippen LogP contribution in [0.15, 0.2) is 65.2 Å². The number of aliphatic hydroxyl groups excluding tert-OH is 1. The summed E-state index contributed by atoms with van der Waals surface area (Å²) in [5.74, 6) is 0.600. The van der Waals surface area contributed by atoms with Crippen LogP contribution in [0.25, 0.3) is 11.1 Å². The van der Waals surface area contributed by atoms with Crippen LogP contribution in [0.4, 0.5) is 0 Å². The third-order valence-electron chi connectivity index (χ3n) is 3.25. The molecule has 0 bridgehead atoms. The van der Waals surface area contributed by atoms with Crippen molar-refractivity contribution in [2.24, 2.45) is 0 Å². The summed E-state index contributed by atoms with van der Waals surface area (Å²) in [5.41, 5.74) is 3.49. The molecule has 0 saturated carbocycles. The quantitative estimate of drug-likeness (QED) is 0.722.